The molecule has 0 fully saturated rings. The number of benzene rings is 1. The van der Waals surface area contributed by atoms with Crippen LogP contribution in [0, 0.1) is 0 Å². The summed E-state index contributed by atoms with van der Waals surface area (Å²) in [6, 6.07) is 3.53. The lowest BCUT2D eigenvalue weighted by atomic mass is 9.78. The van der Waals surface area contributed by atoms with E-state index in [9.17, 15) is 14.7 Å². The smallest absolute Gasteiger partial charge is 0.303 e. The Labute approximate surface area is 227 Å². The molecule has 36 heavy (non-hydrogen) atoms. The number of aliphatic hydroxyl groups is 1. The normalized spacial score (nSPS) is 14.0. The van der Waals surface area contributed by atoms with Gasteiger partial charge in [0.2, 0.25) is 0 Å². The molecule has 0 aromatic heterocycles. The number of allylic oxidation sites excluding steroid dienone is 4. The summed E-state index contributed by atoms with van der Waals surface area (Å²) >= 11 is 18.8. The van der Waals surface area contributed by atoms with Crippen LogP contribution in [0.3, 0.4) is 0 Å². The molecule has 0 aliphatic carbocycles. The molecule has 0 unspecified atom stereocenters. The molecule has 1 aromatic carbocycles. The number of rotatable bonds is 14. The van der Waals surface area contributed by atoms with Crippen molar-refractivity contribution in [2.75, 3.05) is 25.7 Å². The summed E-state index contributed by atoms with van der Waals surface area (Å²) in [5.41, 5.74) is 1.33. The van der Waals surface area contributed by atoms with Crippen molar-refractivity contribution in [2.45, 2.75) is 52.2 Å². The molecule has 10 heteroatoms. The number of esters is 2. The van der Waals surface area contributed by atoms with E-state index in [2.05, 4.69) is 6.58 Å². The third-order valence-electron chi connectivity index (χ3n) is 5.30. The minimum Gasteiger partial charge on any atom is -0.490 e. The first-order chi connectivity index (χ1) is 16.8. The van der Waals surface area contributed by atoms with Gasteiger partial charge < -0.3 is 24.1 Å². The van der Waals surface area contributed by atoms with Gasteiger partial charge in [0.1, 0.15) is 25.1 Å². The largest absolute Gasteiger partial charge is 0.490 e. The molecule has 0 saturated carbocycles. The molecule has 7 nitrogen and oxygen atoms in total. The monoisotopic (exact) mass is 562 g/mol. The van der Waals surface area contributed by atoms with E-state index in [0.29, 0.717) is 15.8 Å². The van der Waals surface area contributed by atoms with Crippen molar-refractivity contribution >= 4 is 46.7 Å². The van der Waals surface area contributed by atoms with Gasteiger partial charge in [0.15, 0.2) is 11.9 Å². The summed E-state index contributed by atoms with van der Waals surface area (Å²) in [6.45, 7) is 11.9. The molecule has 2 atom stereocenters. The standard InChI is InChI=1S/C26H33Cl3O7/c1-7-20(33-15-22(13-30)36-18(4)32)9-8-16(2)26(5,6)19-10-23(28)25(24(29)11-19)34-14-21(12-27)35-17(3)31/h7-11,21-22,30H,1,12-15H2,2-6H3/b16-8+,20-9+/t21-,22+/m1/s1. The molecular formula is C26H33Cl3O7. The fourth-order valence-electron chi connectivity index (χ4n) is 2.95. The van der Waals surface area contributed by atoms with E-state index in [0.717, 1.165) is 11.1 Å². The quantitative estimate of drug-likeness (QED) is 0.133. The lowest BCUT2D eigenvalue weighted by molar-refractivity contribution is -0.151. The van der Waals surface area contributed by atoms with Crippen LogP contribution in [0.5, 0.6) is 5.75 Å². The molecule has 0 aliphatic heterocycles. The zero-order valence-corrected chi connectivity index (χ0v) is 23.4. The number of hydrogen-bond donors (Lipinski definition) is 1. The van der Waals surface area contributed by atoms with Gasteiger partial charge >= 0.3 is 11.9 Å². The Morgan fingerprint density at radius 2 is 1.58 bits per heavy atom. The number of aliphatic hydroxyl groups excluding tert-OH is 1. The van der Waals surface area contributed by atoms with Crippen LogP contribution in [0.2, 0.25) is 10.0 Å². The molecule has 0 aliphatic rings. The highest BCUT2D eigenvalue weighted by Crippen LogP contribution is 2.40. The Kier molecular flexibility index (Phi) is 13.4. The van der Waals surface area contributed by atoms with Crippen molar-refractivity contribution in [1.29, 1.82) is 0 Å². The minimum atomic E-state index is -0.772. The topological polar surface area (TPSA) is 91.3 Å². The Morgan fingerprint density at radius 3 is 2.06 bits per heavy atom. The fourth-order valence-corrected chi connectivity index (χ4v) is 3.69. The minimum absolute atomic E-state index is 0.00785. The third kappa shape index (κ3) is 10.1. The summed E-state index contributed by atoms with van der Waals surface area (Å²) < 4.78 is 21.3. The van der Waals surface area contributed by atoms with Gasteiger partial charge in [-0.25, -0.2) is 0 Å². The van der Waals surface area contributed by atoms with Crippen LogP contribution in [-0.4, -0.2) is 55.0 Å². The second-order valence-electron chi connectivity index (χ2n) is 8.44. The van der Waals surface area contributed by atoms with Crippen molar-refractivity contribution in [3.8, 4) is 5.75 Å². The zero-order chi connectivity index (χ0) is 27.5. The first-order valence-electron chi connectivity index (χ1n) is 11.1. The summed E-state index contributed by atoms with van der Waals surface area (Å²) in [6.07, 6.45) is 3.71. The molecule has 0 bridgehead atoms. The van der Waals surface area contributed by atoms with Crippen LogP contribution in [0.4, 0.5) is 0 Å². The summed E-state index contributed by atoms with van der Waals surface area (Å²) in [5, 5.41) is 9.93. The molecule has 0 amide bonds. The van der Waals surface area contributed by atoms with E-state index >= 15 is 0 Å². The van der Waals surface area contributed by atoms with Gasteiger partial charge in [0, 0.05) is 19.3 Å². The molecule has 1 N–H and O–H groups in total. The molecule has 0 heterocycles. The average molecular weight is 564 g/mol. The highest BCUT2D eigenvalue weighted by molar-refractivity contribution is 6.37. The first-order valence-corrected chi connectivity index (χ1v) is 12.4. The second-order valence-corrected chi connectivity index (χ2v) is 9.56. The van der Waals surface area contributed by atoms with Gasteiger partial charge in [-0.3, -0.25) is 9.59 Å². The highest BCUT2D eigenvalue weighted by Gasteiger charge is 2.25. The van der Waals surface area contributed by atoms with Crippen molar-refractivity contribution in [3.63, 3.8) is 0 Å². The molecule has 200 valence electrons. The molecule has 0 spiro atoms. The van der Waals surface area contributed by atoms with Crippen molar-refractivity contribution in [2.24, 2.45) is 0 Å². The van der Waals surface area contributed by atoms with Crippen LogP contribution < -0.4 is 4.74 Å². The van der Waals surface area contributed by atoms with Crippen LogP contribution in [-0.2, 0) is 29.2 Å². The number of ether oxygens (including phenoxy) is 4. The van der Waals surface area contributed by atoms with Crippen LogP contribution >= 0.6 is 34.8 Å². The lowest BCUT2D eigenvalue weighted by Gasteiger charge is -2.28. The molecule has 0 saturated heterocycles. The Morgan fingerprint density at radius 1 is 1.03 bits per heavy atom. The van der Waals surface area contributed by atoms with Gasteiger partial charge in [-0.05, 0) is 36.8 Å². The van der Waals surface area contributed by atoms with Crippen molar-refractivity contribution < 1.29 is 33.6 Å². The summed E-state index contributed by atoms with van der Waals surface area (Å²) in [7, 11) is 0. The third-order valence-corrected chi connectivity index (χ3v) is 6.20. The van der Waals surface area contributed by atoms with E-state index in [1.54, 1.807) is 18.2 Å². The molecule has 1 rings (SSSR count). The Bertz CT molecular complexity index is 963. The lowest BCUT2D eigenvalue weighted by Crippen LogP contribution is -2.26. The number of carbonyl (C=O) groups excluding carboxylic acids is 2. The van der Waals surface area contributed by atoms with Gasteiger partial charge in [-0.1, -0.05) is 55.3 Å². The van der Waals surface area contributed by atoms with Crippen LogP contribution in [0.25, 0.3) is 0 Å². The van der Waals surface area contributed by atoms with E-state index < -0.39 is 29.6 Å². The summed E-state index contributed by atoms with van der Waals surface area (Å²) in [5.74, 6) is -0.181. The summed E-state index contributed by atoms with van der Waals surface area (Å²) in [4.78, 5) is 22.3. The Hall–Kier alpha value is -2.19. The van der Waals surface area contributed by atoms with Crippen LogP contribution in [0.15, 0.2) is 48.3 Å². The number of carbonyl (C=O) groups is 2. The Balaban J connectivity index is 3.04. The predicted octanol–water partition coefficient (Wildman–Crippen LogP) is 5.78. The predicted molar refractivity (Wildman–Crippen MR) is 142 cm³/mol. The van der Waals surface area contributed by atoms with Gasteiger partial charge in [-0.15, -0.1) is 11.6 Å². The number of halogens is 3. The maximum absolute atomic E-state index is 11.2. The fraction of sp³-hybridized carbons (Fsp3) is 0.462. The maximum Gasteiger partial charge on any atom is 0.303 e. The van der Waals surface area contributed by atoms with Crippen molar-refractivity contribution in [1.82, 2.24) is 0 Å². The van der Waals surface area contributed by atoms with Gasteiger partial charge in [0.05, 0.1) is 22.5 Å². The van der Waals surface area contributed by atoms with E-state index in [-0.39, 0.29) is 31.5 Å². The van der Waals surface area contributed by atoms with E-state index in [1.807, 2.05) is 26.8 Å². The molecule has 0 radical (unpaired) electrons. The average Bonchev–Trinajstić information content (AvgIpc) is 2.80. The van der Waals surface area contributed by atoms with Gasteiger partial charge in [-0.2, -0.15) is 0 Å². The van der Waals surface area contributed by atoms with E-state index in [1.165, 1.54) is 19.9 Å². The highest BCUT2D eigenvalue weighted by atomic mass is 35.5. The molecule has 1 aromatic rings. The number of alkyl halides is 1. The molecular weight excluding hydrogens is 531 g/mol. The second kappa shape index (κ2) is 15.2. The first kappa shape index (κ1) is 31.8. The zero-order valence-electron chi connectivity index (χ0n) is 21.1. The van der Waals surface area contributed by atoms with Gasteiger partial charge in [0.25, 0.3) is 0 Å². The SMILES string of the molecule is C=C/C(=C\C=C(/C)C(C)(C)c1cc(Cl)c(OC[C@@H](CCl)OC(C)=O)c(Cl)c1)OC[C@H](CO)OC(C)=O. The number of hydrogen-bond acceptors (Lipinski definition) is 7. The maximum atomic E-state index is 11.2. The van der Waals surface area contributed by atoms with Crippen LogP contribution in [0.1, 0.15) is 40.2 Å². The van der Waals surface area contributed by atoms with E-state index in [4.69, 9.17) is 53.8 Å². The van der Waals surface area contributed by atoms with Crippen molar-refractivity contribution in [3.05, 3.63) is 63.9 Å².